The van der Waals surface area contributed by atoms with Crippen LogP contribution in [0.4, 0.5) is 0 Å². The predicted octanol–water partition coefficient (Wildman–Crippen LogP) is 1.33. The third-order valence-corrected chi connectivity index (χ3v) is 0.424. The zero-order valence-corrected chi connectivity index (χ0v) is 3.50. The summed E-state index contributed by atoms with van der Waals surface area (Å²) in [7, 11) is 0.405. The number of hydrogen-bond donors (Lipinski definition) is 0. The lowest BCUT2D eigenvalue weighted by atomic mass is 10.8. The van der Waals surface area contributed by atoms with Crippen molar-refractivity contribution in [2.75, 3.05) is 6.54 Å². The van der Waals surface area contributed by atoms with Gasteiger partial charge in [-0.25, -0.2) is 0 Å². The molecule has 0 N–H and O–H groups in total. The van der Waals surface area contributed by atoms with Crippen molar-refractivity contribution < 1.29 is 0 Å². The monoisotopic (exact) mass is 77.0 g/mol. The van der Waals surface area contributed by atoms with Crippen molar-refractivity contribution in [2.24, 2.45) is 4.74 Å². The average Bonchev–Trinajstić information content (AvgIpc) is 1.41. The summed E-state index contributed by atoms with van der Waals surface area (Å²) < 4.78 is 10.0. The first-order valence-corrected chi connectivity index (χ1v) is 1.62. The minimum Gasteiger partial charge on any atom is -0.272 e. The molecule has 0 aromatic heterocycles. The zero-order valence-electron chi connectivity index (χ0n) is 3.60. The van der Waals surface area contributed by atoms with Crippen LogP contribution in [0.2, 0.25) is 0 Å². The van der Waals surface area contributed by atoms with E-state index in [0.717, 1.165) is 6.54 Å². The first kappa shape index (κ1) is 2.34. The average molecular weight is 77.1 g/mol. The Balaban J connectivity index is 2.62. The lowest BCUT2D eigenvalue weighted by molar-refractivity contribution is 1.16. The second-order valence-corrected chi connectivity index (χ2v) is 0.740. The van der Waals surface area contributed by atoms with Crippen LogP contribution in [0.5, 0.6) is 0 Å². The molecule has 0 aromatic carbocycles. The molecule has 1 nitrogen and oxygen atoms in total. The smallest absolute Gasteiger partial charge is 0.114 e. The molecule has 0 aliphatic carbocycles. The van der Waals surface area contributed by atoms with Gasteiger partial charge in [-0.1, -0.05) is 0 Å². The highest BCUT2D eigenvalue weighted by Crippen LogP contribution is 1.65. The van der Waals surface area contributed by atoms with Crippen LogP contribution in [0.15, 0.2) is 4.74 Å². The predicted molar refractivity (Wildman–Crippen MR) is 21.3 cm³/mol. The molecular weight excluding hydrogens is 69.0 g/mol. The van der Waals surface area contributed by atoms with Gasteiger partial charge in [0.05, 0.1) is 0 Å². The molecule has 0 aliphatic heterocycles. The Hall–Kier alpha value is 0.100. The Kier molecular flexibility index (Phi) is 1.82. The quantitative estimate of drug-likeness (QED) is 0.419. The second kappa shape index (κ2) is 3.10. The molecule has 0 saturated carbocycles. The molecule has 0 aliphatic rings. The van der Waals surface area contributed by atoms with Crippen molar-refractivity contribution in [3.63, 3.8) is 0 Å². The maximum Gasteiger partial charge on any atom is 0.114 e. The fourth-order valence-electron chi connectivity index (χ4n) is 0. The third-order valence-electron chi connectivity index (χ3n) is 0.141. The van der Waals surface area contributed by atoms with E-state index < -0.39 is 0 Å². The van der Waals surface area contributed by atoms with Gasteiger partial charge < -0.3 is 0 Å². The Morgan fingerprint density at radius 3 is 3.25 bits per heavy atom. The molecule has 0 spiro atoms. The van der Waals surface area contributed by atoms with Gasteiger partial charge in [-0.2, -0.15) is 0 Å². The molecule has 0 saturated heterocycles. The highest BCUT2D eigenvalue weighted by Gasteiger charge is 1.44. The van der Waals surface area contributed by atoms with Crippen LogP contribution in [0.1, 0.15) is 6.92 Å². The SMILES string of the molecule is [3H]P=NCC. The van der Waals surface area contributed by atoms with Crippen molar-refractivity contribution in [3.8, 4) is 0 Å². The normalized spacial score (nSPS) is 12.8. The number of hydrogen-bond acceptors (Lipinski definition) is 1. The molecule has 0 heterocycles. The molecule has 0 radical (unpaired) electrons. The summed E-state index contributed by atoms with van der Waals surface area (Å²) in [6.07, 6.45) is 0. The van der Waals surface area contributed by atoms with Gasteiger partial charge in [0, 0.05) is 6.54 Å². The molecular formula is C2H6NP. The summed E-state index contributed by atoms with van der Waals surface area (Å²) >= 11 is 0. The van der Waals surface area contributed by atoms with Gasteiger partial charge in [-0.15, -0.1) is 0 Å². The highest BCUT2D eigenvalue weighted by atomic mass is 31.0. The fourth-order valence-corrected chi connectivity index (χ4v) is 0. The van der Waals surface area contributed by atoms with Crippen molar-refractivity contribution in [2.45, 2.75) is 6.92 Å². The minimum absolute atomic E-state index is 0.405. The zero-order chi connectivity index (χ0) is 4.12. The van der Waals surface area contributed by atoms with Crippen molar-refractivity contribution in [3.05, 3.63) is 0 Å². The highest BCUT2D eigenvalue weighted by molar-refractivity contribution is 7.03. The summed E-state index contributed by atoms with van der Waals surface area (Å²) in [6.45, 7) is 2.69. The van der Waals surface area contributed by atoms with Crippen molar-refractivity contribution in [1.29, 1.82) is 1.28 Å². The first-order chi connectivity index (χ1) is 2.41. The molecule has 0 unspecified atom stereocenters. The van der Waals surface area contributed by atoms with E-state index in [4.69, 9.17) is 1.28 Å². The Morgan fingerprint density at radius 1 is 2.50 bits per heavy atom. The van der Waals surface area contributed by atoms with E-state index in [1.54, 1.807) is 0 Å². The van der Waals surface area contributed by atoms with Crippen LogP contribution in [0.25, 0.3) is 0 Å². The van der Waals surface area contributed by atoms with Crippen LogP contribution in [-0.4, -0.2) is 7.82 Å². The molecule has 24 valence electrons. The Bertz CT molecular complexity index is 36.6. The van der Waals surface area contributed by atoms with Gasteiger partial charge in [0.2, 0.25) is 0 Å². The second-order valence-electron chi connectivity index (χ2n) is 0.458. The molecule has 0 bridgehead atoms. The van der Waals surface area contributed by atoms with E-state index in [-0.39, 0.29) is 0 Å². The molecule has 0 fully saturated rings. The number of nitrogens with zero attached hydrogens (tertiary/aromatic N) is 1. The maximum absolute atomic E-state index is 6.41. The summed E-state index contributed by atoms with van der Waals surface area (Å²) in [5.41, 5.74) is 0. The summed E-state index contributed by atoms with van der Waals surface area (Å²) in [5.74, 6) is 0. The van der Waals surface area contributed by atoms with Gasteiger partial charge >= 0.3 is 0 Å². The standard InChI is InChI=1S/C2H6NP/c1-2-3-4/h4H,2H2,1H3/i4T. The van der Waals surface area contributed by atoms with Gasteiger partial charge in [0.25, 0.3) is 0 Å². The van der Waals surface area contributed by atoms with E-state index in [0.29, 0.717) is 8.98 Å². The van der Waals surface area contributed by atoms with E-state index in [2.05, 4.69) is 4.74 Å². The lowest BCUT2D eigenvalue weighted by Crippen LogP contribution is -1.49. The van der Waals surface area contributed by atoms with E-state index in [9.17, 15) is 0 Å². The van der Waals surface area contributed by atoms with E-state index in [1.165, 1.54) is 0 Å². The summed E-state index contributed by atoms with van der Waals surface area (Å²) in [6, 6.07) is 0. The van der Waals surface area contributed by atoms with Gasteiger partial charge in [0.15, 0.2) is 0 Å². The van der Waals surface area contributed by atoms with Crippen LogP contribution in [0.3, 0.4) is 0 Å². The van der Waals surface area contributed by atoms with Crippen LogP contribution in [-0.2, 0) is 0 Å². The largest absolute Gasteiger partial charge is 0.272 e. The minimum atomic E-state index is 0.405. The molecule has 0 amide bonds. The molecule has 0 atom stereocenters. The van der Waals surface area contributed by atoms with Crippen LogP contribution < -0.4 is 0 Å². The maximum atomic E-state index is 6.41. The topological polar surface area (TPSA) is 12.4 Å². The fraction of sp³-hybridized carbons (Fsp3) is 1.00. The van der Waals surface area contributed by atoms with Gasteiger partial charge in [-0.3, -0.25) is 4.74 Å². The van der Waals surface area contributed by atoms with E-state index >= 15 is 0 Å². The summed E-state index contributed by atoms with van der Waals surface area (Å²) in [4.78, 5) is 0. The third kappa shape index (κ3) is 2.10. The first-order valence-electron chi connectivity index (χ1n) is 1.67. The number of rotatable bonds is 1. The Labute approximate surface area is 29.6 Å². The van der Waals surface area contributed by atoms with Crippen molar-refractivity contribution >= 4 is 8.98 Å². The van der Waals surface area contributed by atoms with Crippen molar-refractivity contribution in [1.82, 2.24) is 0 Å². The molecule has 2 heteroatoms. The summed E-state index contributed by atoms with van der Waals surface area (Å²) in [5, 5.41) is 0. The van der Waals surface area contributed by atoms with Crippen LogP contribution in [0, 0.1) is 0 Å². The lowest BCUT2D eigenvalue weighted by Gasteiger charge is -1.60. The van der Waals surface area contributed by atoms with Gasteiger partial charge in [-0.05, 0) is 15.9 Å². The van der Waals surface area contributed by atoms with Gasteiger partial charge in [0.1, 0.15) is 1.28 Å². The molecule has 0 rings (SSSR count). The molecule has 0 aromatic rings. The van der Waals surface area contributed by atoms with Crippen LogP contribution >= 0.6 is 8.98 Å². The Morgan fingerprint density at radius 2 is 3.25 bits per heavy atom. The molecule has 4 heavy (non-hydrogen) atoms. The van der Waals surface area contributed by atoms with E-state index in [1.807, 2.05) is 6.92 Å².